The number of para-hydroxylation sites is 1. The fourth-order valence-electron chi connectivity index (χ4n) is 3.12. The standard InChI is InChI=1S/C21H23N3O5/c1-28-18-9-8-14(12-19(18)29-2)10-11-22-20(25)16-13-17(21(26)27)24(23-16)15-6-4-3-5-7-15/h3-9,12,17H,10-11,13H2,1-2H3,(H,22,25)(H,26,27). The van der Waals surface area contributed by atoms with Crippen LogP contribution in [0.5, 0.6) is 11.5 Å². The molecule has 0 bridgehead atoms. The molecule has 1 amide bonds. The van der Waals surface area contributed by atoms with E-state index in [9.17, 15) is 14.7 Å². The molecule has 8 heteroatoms. The maximum Gasteiger partial charge on any atom is 0.328 e. The molecule has 1 aliphatic heterocycles. The molecule has 0 saturated carbocycles. The lowest BCUT2D eigenvalue weighted by molar-refractivity contribution is -0.138. The predicted molar refractivity (Wildman–Crippen MR) is 109 cm³/mol. The van der Waals surface area contributed by atoms with E-state index in [4.69, 9.17) is 9.47 Å². The lowest BCUT2D eigenvalue weighted by Crippen LogP contribution is -2.35. The van der Waals surface area contributed by atoms with Gasteiger partial charge in [0.2, 0.25) is 0 Å². The van der Waals surface area contributed by atoms with E-state index in [0.29, 0.717) is 30.2 Å². The van der Waals surface area contributed by atoms with Crippen LogP contribution in [0.3, 0.4) is 0 Å². The molecule has 1 heterocycles. The van der Waals surface area contributed by atoms with Gasteiger partial charge in [-0.05, 0) is 36.2 Å². The van der Waals surface area contributed by atoms with Crippen molar-refractivity contribution in [2.45, 2.75) is 18.9 Å². The smallest absolute Gasteiger partial charge is 0.328 e. The van der Waals surface area contributed by atoms with Crippen LogP contribution in [-0.4, -0.2) is 49.5 Å². The molecule has 152 valence electrons. The number of carboxylic acids is 1. The second kappa shape index (κ2) is 9.09. The quantitative estimate of drug-likeness (QED) is 0.707. The molecule has 1 aliphatic rings. The van der Waals surface area contributed by atoms with E-state index in [2.05, 4.69) is 10.4 Å². The fourth-order valence-corrected chi connectivity index (χ4v) is 3.12. The third kappa shape index (κ3) is 4.66. The summed E-state index contributed by atoms with van der Waals surface area (Å²) < 4.78 is 10.5. The first-order chi connectivity index (χ1) is 14.0. The van der Waals surface area contributed by atoms with Gasteiger partial charge in [-0.2, -0.15) is 5.10 Å². The van der Waals surface area contributed by atoms with Gasteiger partial charge in [0, 0.05) is 13.0 Å². The molecule has 1 unspecified atom stereocenters. The largest absolute Gasteiger partial charge is 0.493 e. The van der Waals surface area contributed by atoms with E-state index in [1.807, 2.05) is 24.3 Å². The molecule has 2 aromatic carbocycles. The molecule has 3 rings (SSSR count). The highest BCUT2D eigenvalue weighted by Crippen LogP contribution is 2.28. The first kappa shape index (κ1) is 20.2. The van der Waals surface area contributed by atoms with Crippen molar-refractivity contribution in [1.29, 1.82) is 0 Å². The van der Waals surface area contributed by atoms with E-state index in [1.165, 1.54) is 5.01 Å². The number of aliphatic carboxylic acids is 1. The Morgan fingerprint density at radius 3 is 2.52 bits per heavy atom. The fraction of sp³-hybridized carbons (Fsp3) is 0.286. The Morgan fingerprint density at radius 2 is 1.86 bits per heavy atom. The Balaban J connectivity index is 1.62. The number of carboxylic acid groups (broad SMARTS) is 1. The summed E-state index contributed by atoms with van der Waals surface area (Å²) in [5.74, 6) is -0.124. The average molecular weight is 397 g/mol. The highest BCUT2D eigenvalue weighted by atomic mass is 16.5. The molecule has 8 nitrogen and oxygen atoms in total. The molecular formula is C21H23N3O5. The maximum atomic E-state index is 12.5. The van der Waals surface area contributed by atoms with Gasteiger partial charge in [-0.3, -0.25) is 9.80 Å². The number of benzene rings is 2. The van der Waals surface area contributed by atoms with Crippen molar-refractivity contribution < 1.29 is 24.2 Å². The van der Waals surface area contributed by atoms with Crippen LogP contribution in [-0.2, 0) is 16.0 Å². The second-order valence-electron chi connectivity index (χ2n) is 6.48. The van der Waals surface area contributed by atoms with Gasteiger partial charge in [-0.25, -0.2) is 4.79 Å². The van der Waals surface area contributed by atoms with Gasteiger partial charge in [0.1, 0.15) is 5.71 Å². The third-order valence-corrected chi connectivity index (χ3v) is 4.63. The average Bonchev–Trinajstić information content (AvgIpc) is 3.20. The number of hydrogen-bond acceptors (Lipinski definition) is 6. The third-order valence-electron chi connectivity index (χ3n) is 4.63. The van der Waals surface area contributed by atoms with Gasteiger partial charge in [0.05, 0.1) is 19.9 Å². The maximum absolute atomic E-state index is 12.5. The van der Waals surface area contributed by atoms with Crippen molar-refractivity contribution in [2.24, 2.45) is 5.10 Å². The van der Waals surface area contributed by atoms with Gasteiger partial charge < -0.3 is 19.9 Å². The monoisotopic (exact) mass is 397 g/mol. The van der Waals surface area contributed by atoms with E-state index in [1.54, 1.807) is 38.5 Å². The topological polar surface area (TPSA) is 100 Å². The van der Waals surface area contributed by atoms with Crippen LogP contribution in [0.1, 0.15) is 12.0 Å². The van der Waals surface area contributed by atoms with E-state index >= 15 is 0 Å². The molecule has 0 saturated heterocycles. The second-order valence-corrected chi connectivity index (χ2v) is 6.48. The Labute approximate surface area is 168 Å². The normalized spacial score (nSPS) is 15.6. The summed E-state index contributed by atoms with van der Waals surface area (Å²) in [6.07, 6.45) is 0.635. The van der Waals surface area contributed by atoms with Crippen molar-refractivity contribution in [3.05, 3.63) is 54.1 Å². The highest BCUT2D eigenvalue weighted by molar-refractivity contribution is 6.40. The zero-order valence-electron chi connectivity index (χ0n) is 16.3. The number of ether oxygens (including phenoxy) is 2. The van der Waals surface area contributed by atoms with Crippen LogP contribution in [0.15, 0.2) is 53.6 Å². The van der Waals surface area contributed by atoms with Gasteiger partial charge in [0.25, 0.3) is 5.91 Å². The molecule has 0 aliphatic carbocycles. The summed E-state index contributed by atoms with van der Waals surface area (Å²) >= 11 is 0. The van der Waals surface area contributed by atoms with Gasteiger partial charge in [-0.1, -0.05) is 24.3 Å². The predicted octanol–water partition coefficient (Wildman–Crippen LogP) is 2.08. The molecular weight excluding hydrogens is 374 g/mol. The minimum Gasteiger partial charge on any atom is -0.493 e. The number of carbonyl (C=O) groups excluding carboxylic acids is 1. The molecule has 0 fully saturated rings. The number of nitrogens with one attached hydrogen (secondary N) is 1. The number of carbonyl (C=O) groups is 2. The van der Waals surface area contributed by atoms with E-state index in [-0.39, 0.29) is 18.0 Å². The van der Waals surface area contributed by atoms with Gasteiger partial charge >= 0.3 is 5.97 Å². The van der Waals surface area contributed by atoms with Crippen molar-refractivity contribution in [2.75, 3.05) is 25.8 Å². The molecule has 0 radical (unpaired) electrons. The molecule has 0 aromatic heterocycles. The number of amides is 1. The number of nitrogens with zero attached hydrogens (tertiary/aromatic N) is 2. The minimum atomic E-state index is -1.02. The molecule has 2 aromatic rings. The Bertz CT molecular complexity index is 914. The summed E-state index contributed by atoms with van der Waals surface area (Å²) in [7, 11) is 3.14. The summed E-state index contributed by atoms with van der Waals surface area (Å²) in [6, 6.07) is 13.6. The lowest BCUT2D eigenvalue weighted by atomic mass is 10.1. The molecule has 29 heavy (non-hydrogen) atoms. The first-order valence-electron chi connectivity index (χ1n) is 9.17. The first-order valence-corrected chi connectivity index (χ1v) is 9.17. The van der Waals surface area contributed by atoms with E-state index in [0.717, 1.165) is 5.56 Å². The van der Waals surface area contributed by atoms with E-state index < -0.39 is 12.0 Å². The number of rotatable bonds is 8. The van der Waals surface area contributed by atoms with Crippen LogP contribution < -0.4 is 19.8 Å². The number of hydrazone groups is 1. The van der Waals surface area contributed by atoms with Crippen molar-refractivity contribution >= 4 is 23.3 Å². The molecule has 2 N–H and O–H groups in total. The number of methoxy groups -OCH3 is 2. The Hall–Kier alpha value is -3.55. The zero-order chi connectivity index (χ0) is 20.8. The van der Waals surface area contributed by atoms with Gasteiger partial charge in [0.15, 0.2) is 17.5 Å². The lowest BCUT2D eigenvalue weighted by Gasteiger charge is -2.19. The summed E-state index contributed by atoms with van der Waals surface area (Å²) in [5, 5.41) is 17.9. The van der Waals surface area contributed by atoms with Crippen LogP contribution in [0.25, 0.3) is 0 Å². The molecule has 0 spiro atoms. The molecule has 1 atom stereocenters. The Morgan fingerprint density at radius 1 is 1.14 bits per heavy atom. The minimum absolute atomic E-state index is 0.0480. The highest BCUT2D eigenvalue weighted by Gasteiger charge is 2.36. The number of anilines is 1. The number of hydrogen-bond donors (Lipinski definition) is 2. The zero-order valence-corrected chi connectivity index (χ0v) is 16.3. The SMILES string of the molecule is COc1ccc(CCNC(=O)C2=NN(c3ccccc3)C(C(=O)O)C2)cc1OC. The van der Waals surface area contributed by atoms with Crippen LogP contribution in [0.2, 0.25) is 0 Å². The summed E-state index contributed by atoms with van der Waals surface area (Å²) in [6.45, 7) is 0.385. The van der Waals surface area contributed by atoms with Gasteiger partial charge in [-0.15, -0.1) is 0 Å². The van der Waals surface area contributed by atoms with Crippen molar-refractivity contribution in [3.63, 3.8) is 0 Å². The van der Waals surface area contributed by atoms with Crippen LogP contribution >= 0.6 is 0 Å². The van der Waals surface area contributed by atoms with Crippen LogP contribution in [0.4, 0.5) is 5.69 Å². The van der Waals surface area contributed by atoms with Crippen molar-refractivity contribution in [3.8, 4) is 11.5 Å². The van der Waals surface area contributed by atoms with Crippen molar-refractivity contribution in [1.82, 2.24) is 5.32 Å². The summed E-state index contributed by atoms with van der Waals surface area (Å²) in [4.78, 5) is 24.1. The summed E-state index contributed by atoms with van der Waals surface area (Å²) in [5.41, 5.74) is 1.81. The van der Waals surface area contributed by atoms with Crippen LogP contribution in [0, 0.1) is 0 Å². The Kier molecular flexibility index (Phi) is 6.33.